The van der Waals surface area contributed by atoms with Crippen molar-refractivity contribution < 1.29 is 18.1 Å². The topological polar surface area (TPSA) is 106 Å². The van der Waals surface area contributed by atoms with Gasteiger partial charge in [-0.1, -0.05) is 0 Å². The van der Waals surface area contributed by atoms with Crippen LogP contribution in [-0.4, -0.2) is 22.1 Å². The number of halogens is 3. The molecule has 4 N–H and O–H groups in total. The van der Waals surface area contributed by atoms with Crippen molar-refractivity contribution in [2.45, 2.75) is 25.6 Å². The van der Waals surface area contributed by atoms with Gasteiger partial charge in [-0.3, -0.25) is 10.1 Å². The third-order valence-electron chi connectivity index (χ3n) is 2.10. The van der Waals surface area contributed by atoms with E-state index < -0.39 is 23.6 Å². The van der Waals surface area contributed by atoms with E-state index in [9.17, 15) is 23.3 Å². The average Bonchev–Trinajstić information content (AvgIpc) is 2.25. The zero-order chi connectivity index (χ0) is 14.6. The summed E-state index contributed by atoms with van der Waals surface area (Å²) in [7, 11) is 0. The van der Waals surface area contributed by atoms with E-state index in [0.29, 0.717) is 0 Å². The number of aromatic nitrogens is 1. The van der Waals surface area contributed by atoms with Gasteiger partial charge in [0.25, 0.3) is 5.69 Å². The molecule has 0 bridgehead atoms. The molecule has 0 fully saturated rings. The van der Waals surface area contributed by atoms with E-state index in [1.54, 1.807) is 0 Å². The van der Waals surface area contributed by atoms with Gasteiger partial charge in [-0.05, 0) is 6.92 Å². The summed E-state index contributed by atoms with van der Waals surface area (Å²) in [6.07, 6.45) is -5.41. The van der Waals surface area contributed by atoms with Crippen molar-refractivity contribution in [1.82, 2.24) is 4.98 Å². The summed E-state index contributed by atoms with van der Waals surface area (Å²) in [5, 5.41) is 13.1. The lowest BCUT2D eigenvalue weighted by Gasteiger charge is -2.16. The van der Waals surface area contributed by atoms with Crippen molar-refractivity contribution >= 4 is 17.3 Å². The summed E-state index contributed by atoms with van der Waals surface area (Å²) in [5.41, 5.74) is 1.78. The lowest BCUT2D eigenvalue weighted by molar-refractivity contribution is -0.384. The van der Waals surface area contributed by atoms with Crippen molar-refractivity contribution in [3.05, 3.63) is 22.2 Å². The zero-order valence-corrected chi connectivity index (χ0v) is 9.86. The number of nitrogens with two attached hydrogens (primary N) is 1. The average molecular weight is 279 g/mol. The Morgan fingerprint density at radius 1 is 1.47 bits per heavy atom. The fourth-order valence-corrected chi connectivity index (χ4v) is 1.42. The van der Waals surface area contributed by atoms with Crippen LogP contribution < -0.4 is 16.6 Å². The molecule has 1 atom stereocenters. The predicted octanol–water partition coefficient (Wildman–Crippen LogP) is 2.03. The Balaban J connectivity index is 2.88. The van der Waals surface area contributed by atoms with E-state index in [4.69, 9.17) is 5.84 Å². The smallest absolute Gasteiger partial charge is 0.367 e. The van der Waals surface area contributed by atoms with Crippen LogP contribution in [0, 0.1) is 10.1 Å². The molecule has 1 heterocycles. The van der Waals surface area contributed by atoms with Gasteiger partial charge in [-0.25, -0.2) is 10.8 Å². The van der Waals surface area contributed by atoms with Crippen LogP contribution in [0.5, 0.6) is 0 Å². The summed E-state index contributed by atoms with van der Waals surface area (Å²) >= 11 is 0. The fourth-order valence-electron chi connectivity index (χ4n) is 1.42. The second kappa shape index (κ2) is 5.69. The van der Waals surface area contributed by atoms with Crippen LogP contribution in [0.4, 0.5) is 30.5 Å². The Labute approximate surface area is 106 Å². The van der Waals surface area contributed by atoms with Crippen LogP contribution in [0.25, 0.3) is 0 Å². The van der Waals surface area contributed by atoms with Crippen LogP contribution in [0.3, 0.4) is 0 Å². The molecular formula is C9H12F3N5O2. The van der Waals surface area contributed by atoms with Gasteiger partial charge < -0.3 is 10.7 Å². The molecule has 0 radical (unpaired) electrons. The van der Waals surface area contributed by atoms with Gasteiger partial charge >= 0.3 is 6.18 Å². The van der Waals surface area contributed by atoms with Crippen LogP contribution in [0.1, 0.15) is 13.3 Å². The monoisotopic (exact) mass is 279 g/mol. The van der Waals surface area contributed by atoms with E-state index in [1.807, 2.05) is 0 Å². The van der Waals surface area contributed by atoms with E-state index in [0.717, 1.165) is 12.1 Å². The maximum Gasteiger partial charge on any atom is 0.391 e. The molecule has 0 aliphatic heterocycles. The van der Waals surface area contributed by atoms with Crippen molar-refractivity contribution in [1.29, 1.82) is 0 Å². The van der Waals surface area contributed by atoms with Crippen molar-refractivity contribution in [2.24, 2.45) is 5.84 Å². The van der Waals surface area contributed by atoms with Gasteiger partial charge in [0.1, 0.15) is 11.6 Å². The molecule has 1 aromatic rings. The highest BCUT2D eigenvalue weighted by atomic mass is 19.4. The molecule has 10 heteroatoms. The minimum Gasteiger partial charge on any atom is -0.367 e. The van der Waals surface area contributed by atoms with E-state index in [-0.39, 0.29) is 17.3 Å². The number of nitro groups is 1. The number of anilines is 2. The number of rotatable bonds is 5. The molecule has 19 heavy (non-hydrogen) atoms. The van der Waals surface area contributed by atoms with Crippen LogP contribution in [-0.2, 0) is 0 Å². The normalized spacial score (nSPS) is 12.9. The Bertz CT molecular complexity index is 466. The summed E-state index contributed by atoms with van der Waals surface area (Å²) in [5.74, 6) is 5.00. The van der Waals surface area contributed by atoms with E-state index in [2.05, 4.69) is 15.7 Å². The first-order chi connectivity index (χ1) is 8.71. The number of hydrogen-bond donors (Lipinski definition) is 3. The number of hydrogen-bond acceptors (Lipinski definition) is 6. The first kappa shape index (κ1) is 15.0. The Kier molecular flexibility index (Phi) is 4.48. The van der Waals surface area contributed by atoms with Crippen LogP contribution >= 0.6 is 0 Å². The quantitative estimate of drug-likeness (QED) is 0.432. The predicted molar refractivity (Wildman–Crippen MR) is 62.5 cm³/mol. The van der Waals surface area contributed by atoms with Gasteiger partial charge in [0.2, 0.25) is 0 Å². The van der Waals surface area contributed by atoms with Crippen LogP contribution in [0.2, 0.25) is 0 Å². The van der Waals surface area contributed by atoms with Gasteiger partial charge in [-0.2, -0.15) is 13.2 Å². The number of hydrazine groups is 1. The molecule has 0 saturated carbocycles. The second-order valence-corrected chi connectivity index (χ2v) is 3.86. The van der Waals surface area contributed by atoms with Gasteiger partial charge in [0, 0.05) is 6.04 Å². The lowest BCUT2D eigenvalue weighted by Crippen LogP contribution is -2.24. The molecule has 0 spiro atoms. The van der Waals surface area contributed by atoms with Gasteiger partial charge in [0.05, 0.1) is 23.5 Å². The summed E-state index contributed by atoms with van der Waals surface area (Å²) in [6, 6.07) is 1.13. The first-order valence-corrected chi connectivity index (χ1v) is 5.17. The Morgan fingerprint density at radius 3 is 2.53 bits per heavy atom. The second-order valence-electron chi connectivity index (χ2n) is 3.86. The summed E-state index contributed by atoms with van der Waals surface area (Å²) in [6.45, 7) is 1.30. The number of nitrogens with one attached hydrogen (secondary N) is 2. The van der Waals surface area contributed by atoms with E-state index >= 15 is 0 Å². The Hall–Kier alpha value is -2.10. The molecular weight excluding hydrogens is 267 g/mol. The first-order valence-electron chi connectivity index (χ1n) is 5.17. The molecule has 0 aromatic carbocycles. The highest BCUT2D eigenvalue weighted by Gasteiger charge is 2.30. The largest absolute Gasteiger partial charge is 0.391 e. The fraction of sp³-hybridized carbons (Fsp3) is 0.444. The van der Waals surface area contributed by atoms with Gasteiger partial charge in [0.15, 0.2) is 0 Å². The maximum atomic E-state index is 12.2. The minimum absolute atomic E-state index is 0.0177. The highest BCUT2D eigenvalue weighted by molar-refractivity contribution is 5.54. The van der Waals surface area contributed by atoms with Crippen molar-refractivity contribution in [3.8, 4) is 0 Å². The summed E-state index contributed by atoms with van der Waals surface area (Å²) in [4.78, 5) is 13.7. The van der Waals surface area contributed by atoms with Gasteiger partial charge in [-0.15, -0.1) is 0 Å². The number of nitrogen functional groups attached to an aromatic ring is 1. The number of pyridine rings is 1. The highest BCUT2D eigenvalue weighted by Crippen LogP contribution is 2.25. The molecule has 1 aromatic heterocycles. The van der Waals surface area contributed by atoms with Crippen molar-refractivity contribution in [2.75, 3.05) is 10.7 Å². The molecule has 106 valence electrons. The maximum absolute atomic E-state index is 12.2. The standard InChI is InChI=1S/C9H12F3N5O2/c1-5(4-9(10,11)12)14-7-2-6(17(18)19)3-8(15-7)16-13/h2-3,5H,4,13H2,1H3,(H2,14,15,16). The SMILES string of the molecule is CC(CC(F)(F)F)Nc1cc([N+](=O)[O-])cc(NN)n1. The molecule has 0 amide bonds. The third kappa shape index (κ3) is 4.95. The molecule has 0 aliphatic rings. The number of alkyl halides is 3. The third-order valence-corrected chi connectivity index (χ3v) is 2.10. The summed E-state index contributed by atoms with van der Waals surface area (Å²) < 4.78 is 36.5. The molecule has 7 nitrogen and oxygen atoms in total. The lowest BCUT2D eigenvalue weighted by atomic mass is 10.2. The Morgan fingerprint density at radius 2 is 2.05 bits per heavy atom. The molecule has 1 rings (SSSR count). The molecule has 0 saturated heterocycles. The minimum atomic E-state index is -4.33. The van der Waals surface area contributed by atoms with Crippen LogP contribution in [0.15, 0.2) is 12.1 Å². The van der Waals surface area contributed by atoms with E-state index in [1.165, 1.54) is 6.92 Å². The number of nitrogens with zero attached hydrogens (tertiary/aromatic N) is 2. The zero-order valence-electron chi connectivity index (χ0n) is 9.86. The molecule has 0 aliphatic carbocycles. The molecule has 1 unspecified atom stereocenters. The van der Waals surface area contributed by atoms with Crippen molar-refractivity contribution in [3.63, 3.8) is 0 Å².